The highest BCUT2D eigenvalue weighted by atomic mass is 35.5. The zero-order chi connectivity index (χ0) is 16.5. The van der Waals surface area contributed by atoms with Crippen LogP contribution in [0, 0.1) is 5.92 Å². The fraction of sp³-hybridized carbons (Fsp3) is 0.588. The van der Waals surface area contributed by atoms with Crippen molar-refractivity contribution in [1.29, 1.82) is 0 Å². The van der Waals surface area contributed by atoms with E-state index < -0.39 is 6.04 Å². The second-order valence-electron chi connectivity index (χ2n) is 6.97. The van der Waals surface area contributed by atoms with Crippen LogP contribution < -0.4 is 10.6 Å². The largest absolute Gasteiger partial charge is 0.363 e. The number of anilines is 1. The van der Waals surface area contributed by atoms with Crippen molar-refractivity contribution in [3.8, 4) is 0 Å². The Balaban J connectivity index is 2.12. The molecule has 0 saturated carbocycles. The summed E-state index contributed by atoms with van der Waals surface area (Å²) in [5.74, 6) is 0.212. The molecule has 1 heterocycles. The van der Waals surface area contributed by atoms with Gasteiger partial charge in [0.15, 0.2) is 0 Å². The maximum atomic E-state index is 12.5. The highest BCUT2D eigenvalue weighted by Gasteiger charge is 2.37. The van der Waals surface area contributed by atoms with Crippen LogP contribution in [0.15, 0.2) is 24.3 Å². The van der Waals surface area contributed by atoms with Gasteiger partial charge in [0.05, 0.1) is 11.6 Å². The lowest BCUT2D eigenvalue weighted by molar-refractivity contribution is -0.135. The normalized spacial score (nSPS) is 19.4. The second-order valence-corrected chi connectivity index (χ2v) is 7.41. The van der Waals surface area contributed by atoms with Crippen LogP contribution >= 0.6 is 11.6 Å². The van der Waals surface area contributed by atoms with Crippen molar-refractivity contribution in [1.82, 2.24) is 4.90 Å². The summed E-state index contributed by atoms with van der Waals surface area (Å²) in [7, 11) is 0. The number of amides is 1. The molecule has 0 aliphatic carbocycles. The summed E-state index contributed by atoms with van der Waals surface area (Å²) in [6.07, 6.45) is 0. The number of carbonyl (C=O) groups is 1. The Bertz CT molecular complexity index is 527. The van der Waals surface area contributed by atoms with Crippen LogP contribution in [0.3, 0.4) is 0 Å². The Morgan fingerprint density at radius 1 is 1.23 bits per heavy atom. The van der Waals surface area contributed by atoms with Gasteiger partial charge in [0.1, 0.15) is 0 Å². The second kappa shape index (κ2) is 6.47. The zero-order valence-electron chi connectivity index (χ0n) is 13.8. The van der Waals surface area contributed by atoms with Crippen LogP contribution in [0.1, 0.15) is 27.7 Å². The molecule has 1 aromatic carbocycles. The fourth-order valence-electron chi connectivity index (χ4n) is 2.94. The van der Waals surface area contributed by atoms with E-state index in [1.807, 2.05) is 43.0 Å². The van der Waals surface area contributed by atoms with Crippen molar-refractivity contribution in [2.45, 2.75) is 39.3 Å². The number of halogens is 1. The summed E-state index contributed by atoms with van der Waals surface area (Å²) < 4.78 is 0. The Kier molecular flexibility index (Phi) is 5.03. The maximum absolute atomic E-state index is 12.5. The Hall–Kier alpha value is -1.26. The van der Waals surface area contributed by atoms with Gasteiger partial charge in [0, 0.05) is 30.3 Å². The molecule has 1 aliphatic heterocycles. The van der Waals surface area contributed by atoms with Gasteiger partial charge in [-0.2, -0.15) is 0 Å². The van der Waals surface area contributed by atoms with E-state index >= 15 is 0 Å². The number of hydrogen-bond donors (Lipinski definition) is 1. The lowest BCUT2D eigenvalue weighted by Crippen LogP contribution is -2.63. The van der Waals surface area contributed by atoms with Crippen LogP contribution in [0.5, 0.6) is 0 Å². The molecule has 122 valence electrons. The molecular formula is C17H26ClN3O. The van der Waals surface area contributed by atoms with Crippen LogP contribution in [0.4, 0.5) is 5.69 Å². The average molecular weight is 324 g/mol. The van der Waals surface area contributed by atoms with Crippen molar-refractivity contribution >= 4 is 23.2 Å². The summed E-state index contributed by atoms with van der Waals surface area (Å²) in [5.41, 5.74) is 7.02. The molecule has 2 rings (SSSR count). The molecule has 0 radical (unpaired) electrons. The van der Waals surface area contributed by atoms with E-state index in [4.69, 9.17) is 17.3 Å². The molecule has 0 bridgehead atoms. The Morgan fingerprint density at radius 3 is 2.32 bits per heavy atom. The van der Waals surface area contributed by atoms with Crippen LogP contribution in [-0.2, 0) is 4.79 Å². The standard InChI is InChI=1S/C17H26ClN3O/c1-12(2)15(19)16(22)20-9-10-21(17(3,4)11-20)14-7-5-13(18)6-8-14/h5-8,12,15H,9-11,19H2,1-4H3. The third-order valence-electron chi connectivity index (χ3n) is 4.36. The van der Waals surface area contributed by atoms with E-state index in [2.05, 4.69) is 18.7 Å². The first-order chi connectivity index (χ1) is 10.2. The van der Waals surface area contributed by atoms with E-state index in [1.54, 1.807) is 0 Å². The van der Waals surface area contributed by atoms with Gasteiger partial charge in [0.2, 0.25) is 5.91 Å². The Morgan fingerprint density at radius 2 is 1.82 bits per heavy atom. The molecule has 1 amide bonds. The van der Waals surface area contributed by atoms with Crippen LogP contribution in [0.2, 0.25) is 5.02 Å². The predicted molar refractivity (Wildman–Crippen MR) is 92.3 cm³/mol. The molecule has 22 heavy (non-hydrogen) atoms. The first kappa shape index (κ1) is 17.1. The van der Waals surface area contributed by atoms with Crippen LogP contribution in [0.25, 0.3) is 0 Å². The van der Waals surface area contributed by atoms with Gasteiger partial charge in [0.25, 0.3) is 0 Å². The molecule has 0 spiro atoms. The SMILES string of the molecule is CC(C)C(N)C(=O)N1CCN(c2ccc(Cl)cc2)C(C)(C)C1. The minimum Gasteiger partial charge on any atom is -0.363 e. The predicted octanol–water partition coefficient (Wildman–Crippen LogP) is 2.75. The molecule has 1 aliphatic rings. The molecule has 5 heteroatoms. The monoisotopic (exact) mass is 323 g/mol. The number of nitrogens with two attached hydrogens (primary N) is 1. The summed E-state index contributed by atoms with van der Waals surface area (Å²) in [6, 6.07) is 7.44. The first-order valence-electron chi connectivity index (χ1n) is 7.80. The van der Waals surface area contributed by atoms with Gasteiger partial charge in [-0.15, -0.1) is 0 Å². The molecule has 1 atom stereocenters. The van der Waals surface area contributed by atoms with E-state index in [0.29, 0.717) is 13.1 Å². The summed E-state index contributed by atoms with van der Waals surface area (Å²) in [5, 5.41) is 0.735. The zero-order valence-corrected chi connectivity index (χ0v) is 14.6. The van der Waals surface area contributed by atoms with Gasteiger partial charge >= 0.3 is 0 Å². The highest BCUT2D eigenvalue weighted by molar-refractivity contribution is 6.30. The van der Waals surface area contributed by atoms with Crippen molar-refractivity contribution < 1.29 is 4.79 Å². The van der Waals surface area contributed by atoms with Gasteiger partial charge in [-0.3, -0.25) is 4.79 Å². The number of benzene rings is 1. The molecule has 2 N–H and O–H groups in total. The molecule has 4 nitrogen and oxygen atoms in total. The van der Waals surface area contributed by atoms with Crippen molar-refractivity contribution in [3.63, 3.8) is 0 Å². The highest BCUT2D eigenvalue weighted by Crippen LogP contribution is 2.29. The van der Waals surface area contributed by atoms with Crippen molar-refractivity contribution in [2.24, 2.45) is 11.7 Å². The molecule has 1 aromatic rings. The number of hydrogen-bond acceptors (Lipinski definition) is 3. The van der Waals surface area contributed by atoms with Crippen LogP contribution in [-0.4, -0.2) is 42.0 Å². The molecular weight excluding hydrogens is 298 g/mol. The van der Waals surface area contributed by atoms with Crippen molar-refractivity contribution in [3.05, 3.63) is 29.3 Å². The smallest absolute Gasteiger partial charge is 0.239 e. The minimum atomic E-state index is -0.419. The lowest BCUT2D eigenvalue weighted by Gasteiger charge is -2.49. The third-order valence-corrected chi connectivity index (χ3v) is 4.61. The number of nitrogens with zero attached hydrogens (tertiary/aromatic N) is 2. The molecule has 1 saturated heterocycles. The Labute approximate surface area is 138 Å². The summed E-state index contributed by atoms with van der Waals surface area (Å²) in [4.78, 5) is 16.7. The molecule has 0 aromatic heterocycles. The van der Waals surface area contributed by atoms with Gasteiger partial charge < -0.3 is 15.5 Å². The third kappa shape index (κ3) is 3.55. The van der Waals surface area contributed by atoms with E-state index in [0.717, 1.165) is 17.3 Å². The fourth-order valence-corrected chi connectivity index (χ4v) is 3.06. The number of rotatable bonds is 3. The molecule has 1 fully saturated rings. The average Bonchev–Trinajstić information content (AvgIpc) is 2.45. The molecule has 1 unspecified atom stereocenters. The number of piperazine rings is 1. The van der Waals surface area contributed by atoms with E-state index in [1.165, 1.54) is 0 Å². The maximum Gasteiger partial charge on any atom is 0.239 e. The lowest BCUT2D eigenvalue weighted by atomic mass is 9.96. The number of carbonyl (C=O) groups excluding carboxylic acids is 1. The summed E-state index contributed by atoms with van der Waals surface area (Å²) >= 11 is 5.97. The quantitative estimate of drug-likeness (QED) is 0.930. The van der Waals surface area contributed by atoms with E-state index in [-0.39, 0.29) is 17.4 Å². The summed E-state index contributed by atoms with van der Waals surface area (Å²) in [6.45, 7) is 10.4. The minimum absolute atomic E-state index is 0.0545. The van der Waals surface area contributed by atoms with Gasteiger partial charge in [-0.05, 0) is 44.0 Å². The topological polar surface area (TPSA) is 49.6 Å². The van der Waals surface area contributed by atoms with E-state index in [9.17, 15) is 4.79 Å². The van der Waals surface area contributed by atoms with Gasteiger partial charge in [-0.1, -0.05) is 25.4 Å². The van der Waals surface area contributed by atoms with Crippen molar-refractivity contribution in [2.75, 3.05) is 24.5 Å². The van der Waals surface area contributed by atoms with Gasteiger partial charge in [-0.25, -0.2) is 0 Å². The first-order valence-corrected chi connectivity index (χ1v) is 8.18.